The summed E-state index contributed by atoms with van der Waals surface area (Å²) in [4.78, 5) is 16.9. The first-order valence-electron chi connectivity index (χ1n) is 9.31. The van der Waals surface area contributed by atoms with Crippen molar-refractivity contribution in [3.63, 3.8) is 0 Å². The Balaban J connectivity index is 2.06. The molecule has 0 spiro atoms. The zero-order chi connectivity index (χ0) is 19.3. The van der Waals surface area contributed by atoms with E-state index in [9.17, 15) is 4.79 Å². The molecule has 1 saturated carbocycles. The molecule has 1 aromatic rings. The van der Waals surface area contributed by atoms with E-state index in [1.165, 1.54) is 32.1 Å². The van der Waals surface area contributed by atoms with Gasteiger partial charge in [-0.25, -0.2) is 0 Å². The SMILES string of the molecule is COc1cc(N(C)C)c(Cl)cc1C(=O)NCCC1(N(C)C)CCCCC1. The predicted molar refractivity (Wildman–Crippen MR) is 109 cm³/mol. The molecule has 0 unspecified atom stereocenters. The average Bonchev–Trinajstić information content (AvgIpc) is 2.61. The van der Waals surface area contributed by atoms with Crippen molar-refractivity contribution in [2.75, 3.05) is 46.7 Å². The van der Waals surface area contributed by atoms with Crippen LogP contribution < -0.4 is 15.0 Å². The van der Waals surface area contributed by atoms with Crippen LogP contribution in [0.1, 0.15) is 48.9 Å². The number of rotatable bonds is 7. The molecule has 1 N–H and O–H groups in total. The number of methoxy groups -OCH3 is 1. The molecule has 1 aromatic carbocycles. The van der Waals surface area contributed by atoms with Crippen LogP contribution in [0.3, 0.4) is 0 Å². The fourth-order valence-electron chi connectivity index (χ4n) is 3.87. The third-order valence-electron chi connectivity index (χ3n) is 5.60. The summed E-state index contributed by atoms with van der Waals surface area (Å²) >= 11 is 6.33. The summed E-state index contributed by atoms with van der Waals surface area (Å²) in [5.74, 6) is 0.398. The van der Waals surface area contributed by atoms with Gasteiger partial charge in [0.25, 0.3) is 5.91 Å². The maximum absolute atomic E-state index is 12.7. The van der Waals surface area contributed by atoms with Gasteiger partial charge in [0, 0.05) is 32.2 Å². The van der Waals surface area contributed by atoms with Crippen molar-refractivity contribution in [3.8, 4) is 5.75 Å². The number of anilines is 1. The lowest BCUT2D eigenvalue weighted by molar-refractivity contribution is 0.0834. The van der Waals surface area contributed by atoms with Crippen LogP contribution in [0.2, 0.25) is 5.02 Å². The van der Waals surface area contributed by atoms with E-state index in [1.807, 2.05) is 19.0 Å². The lowest BCUT2D eigenvalue weighted by atomic mass is 9.78. The van der Waals surface area contributed by atoms with Gasteiger partial charge in [0.2, 0.25) is 0 Å². The molecule has 6 heteroatoms. The number of ether oxygens (including phenoxy) is 1. The van der Waals surface area contributed by atoms with E-state index in [2.05, 4.69) is 24.3 Å². The lowest BCUT2D eigenvalue weighted by Gasteiger charge is -2.43. The second-order valence-corrected chi connectivity index (χ2v) is 7.99. The molecule has 2 rings (SSSR count). The largest absolute Gasteiger partial charge is 0.496 e. The van der Waals surface area contributed by atoms with Crippen LogP contribution in [0.4, 0.5) is 5.69 Å². The number of hydrogen-bond acceptors (Lipinski definition) is 4. The van der Waals surface area contributed by atoms with E-state index >= 15 is 0 Å². The summed E-state index contributed by atoms with van der Waals surface area (Å²) in [6.07, 6.45) is 7.20. The van der Waals surface area contributed by atoms with E-state index in [1.54, 1.807) is 19.2 Å². The normalized spacial score (nSPS) is 16.4. The van der Waals surface area contributed by atoms with Crippen LogP contribution in [0.5, 0.6) is 5.75 Å². The zero-order valence-electron chi connectivity index (χ0n) is 16.7. The monoisotopic (exact) mass is 381 g/mol. The fourth-order valence-corrected chi connectivity index (χ4v) is 4.20. The molecule has 26 heavy (non-hydrogen) atoms. The van der Waals surface area contributed by atoms with E-state index in [4.69, 9.17) is 16.3 Å². The highest BCUT2D eigenvalue weighted by Crippen LogP contribution is 2.35. The minimum atomic E-state index is -0.140. The fraction of sp³-hybridized carbons (Fsp3) is 0.650. The minimum absolute atomic E-state index is 0.140. The molecule has 0 aromatic heterocycles. The van der Waals surface area contributed by atoms with Crippen molar-refractivity contribution < 1.29 is 9.53 Å². The Morgan fingerprint density at radius 3 is 2.38 bits per heavy atom. The van der Waals surface area contributed by atoms with Crippen LogP contribution in [0, 0.1) is 0 Å². The van der Waals surface area contributed by atoms with Gasteiger partial charge in [0.1, 0.15) is 5.75 Å². The maximum atomic E-state index is 12.7. The quantitative estimate of drug-likeness (QED) is 0.780. The minimum Gasteiger partial charge on any atom is -0.496 e. The smallest absolute Gasteiger partial charge is 0.255 e. The van der Waals surface area contributed by atoms with Crippen molar-refractivity contribution in [2.45, 2.75) is 44.1 Å². The van der Waals surface area contributed by atoms with Crippen molar-refractivity contribution >= 4 is 23.2 Å². The van der Waals surface area contributed by atoms with Crippen LogP contribution in [0.15, 0.2) is 12.1 Å². The molecule has 146 valence electrons. The molecule has 1 fully saturated rings. The Kier molecular flexibility index (Phi) is 7.18. The first-order chi connectivity index (χ1) is 12.3. The van der Waals surface area contributed by atoms with Gasteiger partial charge >= 0.3 is 0 Å². The van der Waals surface area contributed by atoms with Crippen LogP contribution >= 0.6 is 11.6 Å². The summed E-state index contributed by atoms with van der Waals surface area (Å²) in [6.45, 7) is 0.646. The third-order valence-corrected chi connectivity index (χ3v) is 5.91. The number of carbonyl (C=O) groups is 1. The Morgan fingerprint density at radius 1 is 1.19 bits per heavy atom. The van der Waals surface area contributed by atoms with Crippen LogP contribution in [0.25, 0.3) is 0 Å². The molecule has 0 saturated heterocycles. The average molecular weight is 382 g/mol. The molecular weight excluding hydrogens is 350 g/mol. The number of benzene rings is 1. The molecule has 0 aliphatic heterocycles. The Morgan fingerprint density at radius 2 is 1.85 bits per heavy atom. The van der Waals surface area contributed by atoms with Crippen molar-refractivity contribution in [2.24, 2.45) is 0 Å². The number of hydrogen-bond donors (Lipinski definition) is 1. The number of nitrogens with one attached hydrogen (secondary N) is 1. The lowest BCUT2D eigenvalue weighted by Crippen LogP contribution is -2.48. The van der Waals surface area contributed by atoms with Crippen molar-refractivity contribution in [1.29, 1.82) is 0 Å². The summed E-state index contributed by atoms with van der Waals surface area (Å²) in [5.41, 5.74) is 1.50. The van der Waals surface area contributed by atoms with Gasteiger partial charge in [-0.3, -0.25) is 4.79 Å². The number of halogens is 1. The van der Waals surface area contributed by atoms with Gasteiger partial charge in [-0.2, -0.15) is 0 Å². The molecule has 1 amide bonds. The Bertz CT molecular complexity index is 626. The van der Waals surface area contributed by atoms with E-state index in [0.717, 1.165) is 12.1 Å². The highest BCUT2D eigenvalue weighted by molar-refractivity contribution is 6.33. The second kappa shape index (κ2) is 8.96. The van der Waals surface area contributed by atoms with Crippen LogP contribution in [-0.4, -0.2) is 58.2 Å². The maximum Gasteiger partial charge on any atom is 0.255 e. The van der Waals surface area contributed by atoms with Gasteiger partial charge in [0.15, 0.2) is 0 Å². The highest BCUT2D eigenvalue weighted by Gasteiger charge is 2.33. The molecule has 0 radical (unpaired) electrons. The molecule has 0 heterocycles. The topological polar surface area (TPSA) is 44.8 Å². The highest BCUT2D eigenvalue weighted by atomic mass is 35.5. The van der Waals surface area contributed by atoms with Gasteiger partial charge in [-0.05, 0) is 39.4 Å². The Hall–Kier alpha value is -1.46. The number of carbonyl (C=O) groups excluding carboxylic acids is 1. The molecular formula is C20H32ClN3O2. The van der Waals surface area contributed by atoms with Gasteiger partial charge in [-0.1, -0.05) is 30.9 Å². The summed E-state index contributed by atoms with van der Waals surface area (Å²) < 4.78 is 5.41. The third kappa shape index (κ3) is 4.63. The summed E-state index contributed by atoms with van der Waals surface area (Å²) in [7, 11) is 9.69. The first kappa shape index (κ1) is 20.8. The molecule has 1 aliphatic rings. The summed E-state index contributed by atoms with van der Waals surface area (Å²) in [6, 6.07) is 3.49. The standard InChI is InChI=1S/C20H32ClN3O2/c1-23(2)17-14-18(26-5)15(13-16(17)21)19(25)22-12-11-20(24(3)4)9-7-6-8-10-20/h13-14H,6-12H2,1-5H3,(H,22,25). The predicted octanol–water partition coefficient (Wildman–Crippen LogP) is 3.80. The van der Waals surface area contributed by atoms with Crippen LogP contribution in [-0.2, 0) is 0 Å². The Labute approximate surface area is 162 Å². The summed E-state index contributed by atoms with van der Waals surface area (Å²) in [5, 5.41) is 3.60. The number of nitrogens with zero attached hydrogens (tertiary/aromatic N) is 2. The van der Waals surface area contributed by atoms with Crippen molar-refractivity contribution in [3.05, 3.63) is 22.7 Å². The van der Waals surface area contributed by atoms with E-state index in [0.29, 0.717) is 22.9 Å². The zero-order valence-corrected chi connectivity index (χ0v) is 17.4. The molecule has 1 aliphatic carbocycles. The number of amides is 1. The van der Waals surface area contributed by atoms with Gasteiger partial charge in [-0.15, -0.1) is 0 Å². The molecule has 5 nitrogen and oxygen atoms in total. The molecule has 0 atom stereocenters. The first-order valence-corrected chi connectivity index (χ1v) is 9.69. The molecule has 0 bridgehead atoms. The second-order valence-electron chi connectivity index (χ2n) is 7.58. The van der Waals surface area contributed by atoms with Gasteiger partial charge < -0.3 is 19.9 Å². The van der Waals surface area contributed by atoms with Gasteiger partial charge in [0.05, 0.1) is 23.4 Å². The van der Waals surface area contributed by atoms with Crippen molar-refractivity contribution in [1.82, 2.24) is 10.2 Å². The van der Waals surface area contributed by atoms with E-state index < -0.39 is 0 Å². The van der Waals surface area contributed by atoms with E-state index in [-0.39, 0.29) is 11.4 Å².